The van der Waals surface area contributed by atoms with E-state index in [-0.39, 0.29) is 0 Å². The van der Waals surface area contributed by atoms with Gasteiger partial charge in [0.2, 0.25) is 0 Å². The van der Waals surface area contributed by atoms with Crippen LogP contribution in [0.4, 0.5) is 0 Å². The van der Waals surface area contributed by atoms with E-state index in [9.17, 15) is 0 Å². The third kappa shape index (κ3) is 5.83. The van der Waals surface area contributed by atoms with Gasteiger partial charge in [-0.25, -0.2) is 0 Å². The Hall–Kier alpha value is -0.0800. The van der Waals surface area contributed by atoms with Crippen molar-refractivity contribution in [3.05, 3.63) is 0 Å². The third-order valence-corrected chi connectivity index (χ3v) is 4.76. The smallest absolute Gasteiger partial charge is 0.0112 e. The zero-order valence-electron chi connectivity index (χ0n) is 14.1. The fourth-order valence-electron chi connectivity index (χ4n) is 3.64. The van der Waals surface area contributed by atoms with E-state index in [2.05, 4.69) is 51.9 Å². The van der Waals surface area contributed by atoms with Crippen molar-refractivity contribution in [1.82, 2.24) is 10.2 Å². The van der Waals surface area contributed by atoms with Gasteiger partial charge in [0.25, 0.3) is 0 Å². The topological polar surface area (TPSA) is 15.3 Å². The Morgan fingerprint density at radius 3 is 2.47 bits per heavy atom. The lowest BCUT2D eigenvalue weighted by molar-refractivity contribution is 0.110. The molecule has 0 aromatic heterocycles. The minimum atomic E-state index is 0.727. The minimum Gasteiger partial charge on any atom is -0.314 e. The Morgan fingerprint density at radius 1 is 1.21 bits per heavy atom. The van der Waals surface area contributed by atoms with Gasteiger partial charge in [0.1, 0.15) is 0 Å². The molecule has 0 radical (unpaired) electrons. The molecule has 0 aliphatic heterocycles. The van der Waals surface area contributed by atoms with Gasteiger partial charge >= 0.3 is 0 Å². The maximum atomic E-state index is 3.74. The van der Waals surface area contributed by atoms with Crippen molar-refractivity contribution >= 4 is 0 Å². The van der Waals surface area contributed by atoms with Gasteiger partial charge in [-0.2, -0.15) is 0 Å². The van der Waals surface area contributed by atoms with Gasteiger partial charge < -0.3 is 10.2 Å². The lowest BCUT2D eigenvalue weighted by Crippen LogP contribution is -2.48. The van der Waals surface area contributed by atoms with E-state index in [1.54, 1.807) is 0 Å². The number of nitrogens with one attached hydrogen (secondary N) is 1. The summed E-state index contributed by atoms with van der Waals surface area (Å²) in [5.74, 6) is 3.38. The molecule has 0 bridgehead atoms. The molecule has 1 N–H and O–H groups in total. The van der Waals surface area contributed by atoms with E-state index in [4.69, 9.17) is 0 Å². The molecule has 1 saturated carbocycles. The van der Waals surface area contributed by atoms with Crippen LogP contribution in [0, 0.1) is 23.7 Å². The Labute approximate surface area is 121 Å². The van der Waals surface area contributed by atoms with Gasteiger partial charge in [-0.3, -0.25) is 0 Å². The standard InChI is InChI=1S/C17H36N2/c1-7-18-17-11-14(4)10-15(5)16(17)12-19(6)9-8-13(2)3/h13-18H,7-12H2,1-6H3. The lowest BCUT2D eigenvalue weighted by Gasteiger charge is -2.42. The monoisotopic (exact) mass is 268 g/mol. The quantitative estimate of drug-likeness (QED) is 0.758. The Morgan fingerprint density at radius 2 is 1.89 bits per heavy atom. The molecule has 19 heavy (non-hydrogen) atoms. The number of nitrogens with zero attached hydrogens (tertiary/aromatic N) is 1. The Bertz CT molecular complexity index is 239. The molecule has 0 spiro atoms. The molecule has 0 aromatic carbocycles. The molecule has 2 heteroatoms. The van der Waals surface area contributed by atoms with E-state index in [0.29, 0.717) is 0 Å². The highest BCUT2D eigenvalue weighted by atomic mass is 15.1. The first kappa shape index (κ1) is 17.0. The third-order valence-electron chi connectivity index (χ3n) is 4.76. The summed E-state index contributed by atoms with van der Waals surface area (Å²) >= 11 is 0. The lowest BCUT2D eigenvalue weighted by atomic mass is 9.72. The molecule has 0 amide bonds. The van der Waals surface area contributed by atoms with Crippen molar-refractivity contribution in [1.29, 1.82) is 0 Å². The van der Waals surface area contributed by atoms with Gasteiger partial charge in [0, 0.05) is 12.6 Å². The average molecular weight is 268 g/mol. The van der Waals surface area contributed by atoms with Gasteiger partial charge in [-0.1, -0.05) is 34.6 Å². The fraction of sp³-hybridized carbons (Fsp3) is 1.00. The molecular formula is C17H36N2. The number of rotatable bonds is 7. The Kier molecular flexibility index (Phi) is 7.38. The molecule has 1 aliphatic carbocycles. The first-order valence-electron chi connectivity index (χ1n) is 8.35. The summed E-state index contributed by atoms with van der Waals surface area (Å²) in [6.45, 7) is 15.4. The van der Waals surface area contributed by atoms with E-state index in [1.165, 1.54) is 32.4 Å². The van der Waals surface area contributed by atoms with Crippen LogP contribution in [0.15, 0.2) is 0 Å². The summed E-state index contributed by atoms with van der Waals surface area (Å²) in [5, 5.41) is 3.74. The van der Waals surface area contributed by atoms with E-state index < -0.39 is 0 Å². The second kappa shape index (κ2) is 8.26. The second-order valence-electron chi connectivity index (χ2n) is 7.33. The predicted octanol–water partition coefficient (Wildman–Crippen LogP) is 3.62. The average Bonchev–Trinajstić information content (AvgIpc) is 2.31. The highest BCUT2D eigenvalue weighted by Crippen LogP contribution is 2.34. The molecule has 1 aliphatic rings. The second-order valence-corrected chi connectivity index (χ2v) is 7.33. The van der Waals surface area contributed by atoms with Crippen molar-refractivity contribution < 1.29 is 0 Å². The summed E-state index contributed by atoms with van der Waals surface area (Å²) in [4.78, 5) is 2.56. The highest BCUT2D eigenvalue weighted by Gasteiger charge is 2.33. The molecular weight excluding hydrogens is 232 g/mol. The molecule has 114 valence electrons. The van der Waals surface area contributed by atoms with Gasteiger partial charge in [0.05, 0.1) is 0 Å². The molecule has 4 atom stereocenters. The zero-order chi connectivity index (χ0) is 14.4. The minimum absolute atomic E-state index is 0.727. The first-order chi connectivity index (χ1) is 8.93. The van der Waals surface area contributed by atoms with Crippen LogP contribution in [0.2, 0.25) is 0 Å². The predicted molar refractivity (Wildman–Crippen MR) is 85.5 cm³/mol. The van der Waals surface area contributed by atoms with Crippen LogP contribution < -0.4 is 5.32 Å². The largest absolute Gasteiger partial charge is 0.314 e. The summed E-state index contributed by atoms with van der Waals surface area (Å²) in [7, 11) is 2.30. The van der Waals surface area contributed by atoms with Crippen molar-refractivity contribution in [2.45, 2.75) is 59.9 Å². The first-order valence-corrected chi connectivity index (χ1v) is 8.35. The van der Waals surface area contributed by atoms with Crippen LogP contribution in [0.5, 0.6) is 0 Å². The van der Waals surface area contributed by atoms with Crippen LogP contribution in [0.25, 0.3) is 0 Å². The maximum absolute atomic E-state index is 3.74. The SMILES string of the molecule is CCNC1CC(C)CC(C)C1CN(C)CCC(C)C. The van der Waals surface area contributed by atoms with Crippen LogP contribution in [0.3, 0.4) is 0 Å². The molecule has 2 nitrogen and oxygen atoms in total. The normalized spacial score (nSPS) is 32.2. The Balaban J connectivity index is 2.51. The van der Waals surface area contributed by atoms with Gasteiger partial charge in [0.15, 0.2) is 0 Å². The van der Waals surface area contributed by atoms with E-state index >= 15 is 0 Å². The van der Waals surface area contributed by atoms with Crippen molar-refractivity contribution in [3.8, 4) is 0 Å². The van der Waals surface area contributed by atoms with Gasteiger partial charge in [-0.15, -0.1) is 0 Å². The summed E-state index contributed by atoms with van der Waals surface area (Å²) in [6, 6.07) is 0.727. The maximum Gasteiger partial charge on any atom is 0.0112 e. The molecule has 0 aromatic rings. The molecule has 1 rings (SSSR count). The van der Waals surface area contributed by atoms with Crippen molar-refractivity contribution in [3.63, 3.8) is 0 Å². The number of hydrogen-bond acceptors (Lipinski definition) is 2. The molecule has 4 unspecified atom stereocenters. The van der Waals surface area contributed by atoms with Crippen molar-refractivity contribution in [2.24, 2.45) is 23.7 Å². The number of hydrogen-bond donors (Lipinski definition) is 1. The van der Waals surface area contributed by atoms with E-state index in [1.807, 2.05) is 0 Å². The fourth-order valence-corrected chi connectivity index (χ4v) is 3.64. The summed E-state index contributed by atoms with van der Waals surface area (Å²) in [6.07, 6.45) is 4.09. The van der Waals surface area contributed by atoms with Crippen LogP contribution in [0.1, 0.15) is 53.9 Å². The zero-order valence-corrected chi connectivity index (χ0v) is 14.1. The van der Waals surface area contributed by atoms with Crippen LogP contribution in [-0.2, 0) is 0 Å². The summed E-state index contributed by atoms with van der Waals surface area (Å²) in [5.41, 5.74) is 0. The molecule has 1 fully saturated rings. The van der Waals surface area contributed by atoms with Crippen LogP contribution in [-0.4, -0.2) is 37.6 Å². The van der Waals surface area contributed by atoms with Crippen LogP contribution >= 0.6 is 0 Å². The highest BCUT2D eigenvalue weighted by molar-refractivity contribution is 4.88. The van der Waals surface area contributed by atoms with E-state index in [0.717, 1.165) is 36.3 Å². The summed E-state index contributed by atoms with van der Waals surface area (Å²) < 4.78 is 0. The molecule has 0 heterocycles. The molecule has 0 saturated heterocycles. The van der Waals surface area contributed by atoms with Crippen molar-refractivity contribution in [2.75, 3.05) is 26.7 Å². The van der Waals surface area contributed by atoms with Gasteiger partial charge in [-0.05, 0) is 63.1 Å².